The number of benzene rings is 18. The van der Waals surface area contributed by atoms with Crippen LogP contribution in [-0.4, -0.2) is 43.2 Å². The fraction of sp³-hybridized carbons (Fsp3) is 0. The van der Waals surface area contributed by atoms with Crippen LogP contribution >= 0.6 is 0 Å². The van der Waals surface area contributed by atoms with Gasteiger partial charge in [-0.25, -0.2) is 24.9 Å². The maximum Gasteiger partial charge on any atom is 0.164 e. The first kappa shape index (κ1) is 68.2. The van der Waals surface area contributed by atoms with Crippen molar-refractivity contribution in [2.24, 2.45) is 0 Å². The van der Waals surface area contributed by atoms with Crippen LogP contribution in [0.15, 0.2) is 419 Å². The first-order chi connectivity index (χ1) is 59.4. The first-order valence-electron chi connectivity index (χ1n) is 40.7. The molecule has 18 aromatic carbocycles. The predicted molar refractivity (Wildman–Crippen MR) is 497 cm³/mol. The molecule has 0 aliphatic heterocycles. The minimum Gasteiger partial charge on any atom is -0.309 e. The highest BCUT2D eigenvalue weighted by molar-refractivity contribution is 6.21. The molecular weight excluding hydrogens is 1460 g/mol. The molecule has 24 rings (SSSR count). The molecule has 0 bridgehead atoms. The van der Waals surface area contributed by atoms with Crippen molar-refractivity contribution in [3.8, 4) is 124 Å². The Morgan fingerprint density at radius 2 is 0.442 bits per heavy atom. The maximum absolute atomic E-state index is 5.40. The molecule has 0 fully saturated rings. The second-order valence-electron chi connectivity index (χ2n) is 31.2. The number of rotatable bonds is 13. The van der Waals surface area contributed by atoms with Crippen LogP contribution < -0.4 is 0 Å². The molecule has 0 unspecified atom stereocenters. The number of para-hydroxylation sites is 5. The van der Waals surface area contributed by atoms with Gasteiger partial charge in [0, 0.05) is 99.2 Å². The quantitative estimate of drug-likeness (QED) is 0.115. The second-order valence-corrected chi connectivity index (χ2v) is 31.2. The van der Waals surface area contributed by atoms with Crippen molar-refractivity contribution < 1.29 is 0 Å². The molecule has 558 valence electrons. The lowest BCUT2D eigenvalue weighted by Gasteiger charge is -2.13. The average molecular weight is 1530 g/mol. The smallest absolute Gasteiger partial charge is 0.164 e. The normalized spacial score (nSPS) is 11.8. The van der Waals surface area contributed by atoms with Gasteiger partial charge in [0.1, 0.15) is 0 Å². The molecule has 9 nitrogen and oxygen atoms in total. The fourth-order valence-corrected chi connectivity index (χ4v) is 18.4. The lowest BCUT2D eigenvalue weighted by molar-refractivity contribution is 1.07. The highest BCUT2D eigenvalue weighted by atomic mass is 15.0. The molecule has 0 aliphatic carbocycles. The lowest BCUT2D eigenvalue weighted by atomic mass is 9.97. The monoisotopic (exact) mass is 1530 g/mol. The molecule has 0 spiro atoms. The van der Waals surface area contributed by atoms with Crippen molar-refractivity contribution in [3.63, 3.8) is 0 Å². The summed E-state index contributed by atoms with van der Waals surface area (Å²) in [4.78, 5) is 26.7. The number of aromatic nitrogens is 9. The number of hydrogen-bond acceptors (Lipinski definition) is 5. The van der Waals surface area contributed by atoms with Gasteiger partial charge in [0.05, 0.1) is 55.5 Å². The van der Waals surface area contributed by atoms with Crippen LogP contribution in [0.5, 0.6) is 0 Å². The topological polar surface area (TPSA) is 84.2 Å². The molecule has 0 saturated carbocycles. The highest BCUT2D eigenvalue weighted by Gasteiger charge is 2.24. The van der Waals surface area contributed by atoms with Gasteiger partial charge in [-0.3, -0.25) is 0 Å². The van der Waals surface area contributed by atoms with Gasteiger partial charge in [0.2, 0.25) is 0 Å². The van der Waals surface area contributed by atoms with Crippen molar-refractivity contribution >= 4 is 109 Å². The van der Waals surface area contributed by atoms with Crippen molar-refractivity contribution in [2.45, 2.75) is 0 Å². The van der Waals surface area contributed by atoms with E-state index in [-0.39, 0.29) is 0 Å². The Morgan fingerprint density at radius 3 is 0.933 bits per heavy atom. The molecule has 120 heavy (non-hydrogen) atoms. The number of hydrogen-bond donors (Lipinski definition) is 0. The minimum absolute atomic E-state index is 0.586. The highest BCUT2D eigenvalue weighted by Crippen LogP contribution is 2.45. The predicted octanol–water partition coefficient (Wildman–Crippen LogP) is 28.4. The van der Waals surface area contributed by atoms with Gasteiger partial charge in [0.15, 0.2) is 23.3 Å². The summed E-state index contributed by atoms with van der Waals surface area (Å²) in [5, 5.41) is 14.0. The summed E-state index contributed by atoms with van der Waals surface area (Å²) in [7, 11) is 0. The fourth-order valence-electron chi connectivity index (χ4n) is 18.4. The van der Waals surface area contributed by atoms with E-state index in [2.05, 4.69) is 413 Å². The summed E-state index contributed by atoms with van der Waals surface area (Å²) in [6, 6.07) is 151. The van der Waals surface area contributed by atoms with Gasteiger partial charge in [-0.2, -0.15) is 0 Å². The molecule has 24 aromatic rings. The van der Waals surface area contributed by atoms with Gasteiger partial charge in [0.25, 0.3) is 0 Å². The molecule has 9 heteroatoms. The van der Waals surface area contributed by atoms with E-state index in [1.165, 1.54) is 37.8 Å². The van der Waals surface area contributed by atoms with Crippen LogP contribution in [0.25, 0.3) is 233 Å². The SMILES string of the molecule is c1ccc(-c2cccc(-c3cc(-c4ccccc4)nc(-c4ccc5ccc(-n6c7ccc(-c8cccc(-c9cccc(-c%10nc(-c%11ccccc%11)nc(-c%11ccc%12ccc(-n%13c%14ccccc%14c%14cc%15c%16ccccc%16n(-c%16ccccc%16)c%15cc%14%13)cc%12c%11)n%10)c9)c8)cc7c7cc8c9ccccc9n(-c9ccccc9)c8cc76)cc5c4)n3)c2)cc1. The van der Waals surface area contributed by atoms with Crippen molar-refractivity contribution in [1.82, 2.24) is 43.2 Å². The number of nitrogens with zero attached hydrogens (tertiary/aromatic N) is 9. The third kappa shape index (κ3) is 11.5. The Hall–Kier alpha value is -16.2. The zero-order chi connectivity index (χ0) is 78.9. The molecule has 0 amide bonds. The zero-order valence-electron chi connectivity index (χ0n) is 64.9. The molecule has 0 saturated heterocycles. The average Bonchev–Trinajstić information content (AvgIpc) is 1.45. The van der Waals surface area contributed by atoms with Gasteiger partial charge in [-0.15, -0.1) is 0 Å². The molecule has 0 aliphatic rings. The van der Waals surface area contributed by atoms with E-state index < -0.39 is 0 Å². The Bertz CT molecular complexity index is 8270. The van der Waals surface area contributed by atoms with Gasteiger partial charge < -0.3 is 18.3 Å². The molecule has 0 N–H and O–H groups in total. The molecule has 0 radical (unpaired) electrons. The largest absolute Gasteiger partial charge is 0.309 e. The van der Waals surface area contributed by atoms with Gasteiger partial charge in [-0.05, 0) is 194 Å². The molecular formula is C111H69N9. The van der Waals surface area contributed by atoms with E-state index in [1.54, 1.807) is 0 Å². The van der Waals surface area contributed by atoms with Crippen LogP contribution in [-0.2, 0) is 0 Å². The van der Waals surface area contributed by atoms with E-state index in [0.29, 0.717) is 23.3 Å². The van der Waals surface area contributed by atoms with Gasteiger partial charge in [-0.1, -0.05) is 279 Å². The Morgan fingerprint density at radius 1 is 0.133 bits per heavy atom. The third-order valence-corrected chi connectivity index (χ3v) is 24.1. The molecule has 0 atom stereocenters. The van der Waals surface area contributed by atoms with E-state index in [4.69, 9.17) is 24.9 Å². The van der Waals surface area contributed by atoms with Crippen LogP contribution in [0.2, 0.25) is 0 Å². The second kappa shape index (κ2) is 27.8. The minimum atomic E-state index is 0.586. The van der Waals surface area contributed by atoms with E-state index in [0.717, 1.165) is 172 Å². The van der Waals surface area contributed by atoms with Crippen molar-refractivity contribution in [2.75, 3.05) is 0 Å². The van der Waals surface area contributed by atoms with E-state index >= 15 is 0 Å². The summed E-state index contributed by atoms with van der Waals surface area (Å²) in [5.41, 5.74) is 27.4. The van der Waals surface area contributed by atoms with E-state index in [9.17, 15) is 0 Å². The Balaban J connectivity index is 0.607. The van der Waals surface area contributed by atoms with Crippen LogP contribution in [0.3, 0.4) is 0 Å². The summed E-state index contributed by atoms with van der Waals surface area (Å²) in [6.45, 7) is 0. The molecule has 6 aromatic heterocycles. The summed E-state index contributed by atoms with van der Waals surface area (Å²) >= 11 is 0. The summed E-state index contributed by atoms with van der Waals surface area (Å²) in [5.74, 6) is 2.44. The van der Waals surface area contributed by atoms with Crippen molar-refractivity contribution in [1.29, 1.82) is 0 Å². The molecule has 6 heterocycles. The van der Waals surface area contributed by atoms with Crippen LogP contribution in [0.4, 0.5) is 0 Å². The standard InChI is InChI=1S/C111H69N9/c1-6-25-70(26-7-1)75-31-23-35-80(58-75)99-67-98(73-27-8-2-9-28-73)112-109(113-99)82-49-47-71-52-55-89(63-84(71)60-82)120-103-56-53-79(64-93(103)97-66-96-91-42-17-20-45-101(91)118(105(96)69-107(97)120)87-39-14-5-15-40-87)77-33-22-32-76(57-77)78-34-24-36-81(59-78)110-114-108(74-29-10-3-11-30-74)115-111(116-110)83-50-48-72-51-54-88(62-85(72)61-83)119-102-46-21-18-43-92(102)95-65-94-90-41-16-19-44-100(90)117(104(94)68-106(95)119)86-37-12-4-13-38-86/h1-69H. The Kier molecular flexibility index (Phi) is 15.8. The Labute approximate surface area is 690 Å². The van der Waals surface area contributed by atoms with Crippen LogP contribution in [0.1, 0.15) is 0 Å². The zero-order valence-corrected chi connectivity index (χ0v) is 64.9. The van der Waals surface area contributed by atoms with Crippen LogP contribution in [0, 0.1) is 0 Å². The first-order valence-corrected chi connectivity index (χ1v) is 40.7. The maximum atomic E-state index is 5.40. The van der Waals surface area contributed by atoms with Gasteiger partial charge >= 0.3 is 0 Å². The number of fused-ring (bicyclic) bond motifs is 14. The lowest BCUT2D eigenvalue weighted by Crippen LogP contribution is -2.00. The van der Waals surface area contributed by atoms with Crippen molar-refractivity contribution in [3.05, 3.63) is 419 Å². The third-order valence-electron chi connectivity index (χ3n) is 24.1. The summed E-state index contributed by atoms with van der Waals surface area (Å²) in [6.07, 6.45) is 0. The van der Waals surface area contributed by atoms with E-state index in [1.807, 2.05) is 24.3 Å². The summed E-state index contributed by atoms with van der Waals surface area (Å²) < 4.78 is 9.70.